The molecule has 0 amide bonds. The van der Waals surface area contributed by atoms with Gasteiger partial charge in [0.2, 0.25) is 0 Å². The highest BCUT2D eigenvalue weighted by molar-refractivity contribution is 8.01. The normalized spacial score (nSPS) is 14.0. The molecule has 1 aromatic rings. The van der Waals surface area contributed by atoms with Gasteiger partial charge in [-0.05, 0) is 18.6 Å². The van der Waals surface area contributed by atoms with Gasteiger partial charge in [-0.1, -0.05) is 44.8 Å². The Labute approximate surface area is 93.1 Å². The van der Waals surface area contributed by atoms with Crippen LogP contribution in [0.1, 0.15) is 13.3 Å². The molecule has 0 saturated heterocycles. The molecule has 2 heteroatoms. The zero-order valence-corrected chi connectivity index (χ0v) is 11.4. The van der Waals surface area contributed by atoms with E-state index in [-0.39, 0.29) is 0 Å². The standard InChI is InChI=1S/C12H20SSi/c1-5-12(14(2,3)4)13-11-9-7-6-8-10-11/h6-10,12H,5H2,1-4H3. The van der Waals surface area contributed by atoms with Crippen LogP contribution < -0.4 is 0 Å². The van der Waals surface area contributed by atoms with Crippen LogP contribution >= 0.6 is 11.8 Å². The summed E-state index contributed by atoms with van der Waals surface area (Å²) in [6.45, 7) is 9.67. The van der Waals surface area contributed by atoms with Gasteiger partial charge >= 0.3 is 0 Å². The van der Waals surface area contributed by atoms with Crippen LogP contribution in [0.2, 0.25) is 19.6 Å². The number of benzene rings is 1. The van der Waals surface area contributed by atoms with Crippen molar-refractivity contribution in [2.24, 2.45) is 0 Å². The molecule has 0 heterocycles. The fourth-order valence-electron chi connectivity index (χ4n) is 1.54. The van der Waals surface area contributed by atoms with Gasteiger partial charge in [0, 0.05) is 9.77 Å². The predicted molar refractivity (Wildman–Crippen MR) is 69.7 cm³/mol. The molecular formula is C12H20SSi. The van der Waals surface area contributed by atoms with Gasteiger partial charge in [0.15, 0.2) is 0 Å². The highest BCUT2D eigenvalue weighted by Gasteiger charge is 2.25. The molecule has 0 saturated carbocycles. The van der Waals surface area contributed by atoms with Crippen LogP contribution in [0, 0.1) is 0 Å². The molecule has 0 aromatic heterocycles. The topological polar surface area (TPSA) is 0 Å². The summed E-state index contributed by atoms with van der Waals surface area (Å²) in [5.41, 5.74) is 0. The average Bonchev–Trinajstić information content (AvgIpc) is 2.14. The lowest BCUT2D eigenvalue weighted by Gasteiger charge is -2.27. The molecule has 0 aliphatic rings. The fraction of sp³-hybridized carbons (Fsp3) is 0.500. The Morgan fingerprint density at radius 3 is 2.14 bits per heavy atom. The van der Waals surface area contributed by atoms with Crippen LogP contribution in [0.15, 0.2) is 35.2 Å². The number of hydrogen-bond acceptors (Lipinski definition) is 1. The third kappa shape index (κ3) is 3.50. The summed E-state index contributed by atoms with van der Waals surface area (Å²) in [7, 11) is -1.01. The predicted octanol–water partition coefficient (Wildman–Crippen LogP) is 4.43. The molecule has 1 unspecified atom stereocenters. The summed E-state index contributed by atoms with van der Waals surface area (Å²) >= 11 is 2.06. The Morgan fingerprint density at radius 2 is 1.71 bits per heavy atom. The fourth-order valence-corrected chi connectivity index (χ4v) is 5.39. The van der Waals surface area contributed by atoms with Gasteiger partial charge < -0.3 is 0 Å². The maximum Gasteiger partial charge on any atom is 0.0591 e. The largest absolute Gasteiger partial charge is 0.126 e. The Hall–Kier alpha value is -0.213. The smallest absolute Gasteiger partial charge is 0.0591 e. The van der Waals surface area contributed by atoms with E-state index in [0.29, 0.717) is 0 Å². The van der Waals surface area contributed by atoms with E-state index >= 15 is 0 Å². The molecule has 0 aliphatic heterocycles. The summed E-state index contributed by atoms with van der Waals surface area (Å²) in [6.07, 6.45) is 1.29. The van der Waals surface area contributed by atoms with Crippen molar-refractivity contribution in [3.63, 3.8) is 0 Å². The van der Waals surface area contributed by atoms with Gasteiger partial charge in [0.05, 0.1) is 8.07 Å². The first-order valence-corrected chi connectivity index (χ1v) is 9.71. The molecule has 0 fully saturated rings. The average molecular weight is 224 g/mol. The Morgan fingerprint density at radius 1 is 1.14 bits per heavy atom. The van der Waals surface area contributed by atoms with Crippen molar-refractivity contribution in [2.75, 3.05) is 0 Å². The number of hydrogen-bond donors (Lipinski definition) is 0. The lowest BCUT2D eigenvalue weighted by molar-refractivity contribution is 1.01. The summed E-state index contributed by atoms with van der Waals surface area (Å²) in [4.78, 5) is 2.26. The number of thioether (sulfide) groups is 1. The SMILES string of the molecule is CCC(Sc1ccccc1)[Si](C)(C)C. The van der Waals surface area contributed by atoms with E-state index < -0.39 is 8.07 Å². The molecule has 78 valence electrons. The monoisotopic (exact) mass is 224 g/mol. The minimum Gasteiger partial charge on any atom is -0.126 e. The van der Waals surface area contributed by atoms with E-state index in [4.69, 9.17) is 0 Å². The van der Waals surface area contributed by atoms with Gasteiger partial charge in [-0.15, -0.1) is 11.8 Å². The molecule has 1 atom stereocenters. The molecule has 1 aromatic carbocycles. The van der Waals surface area contributed by atoms with E-state index in [1.165, 1.54) is 11.3 Å². The second-order valence-corrected chi connectivity index (χ2v) is 11.8. The Balaban J connectivity index is 2.67. The summed E-state index contributed by atoms with van der Waals surface area (Å²) < 4.78 is 0. The van der Waals surface area contributed by atoms with Crippen molar-refractivity contribution in [2.45, 2.75) is 42.8 Å². The zero-order valence-electron chi connectivity index (χ0n) is 9.58. The molecule has 14 heavy (non-hydrogen) atoms. The van der Waals surface area contributed by atoms with E-state index in [0.717, 1.165) is 4.87 Å². The second-order valence-electron chi connectivity index (χ2n) is 4.69. The summed E-state index contributed by atoms with van der Waals surface area (Å²) in [6, 6.07) is 10.8. The first-order valence-electron chi connectivity index (χ1n) is 5.25. The van der Waals surface area contributed by atoms with Crippen LogP contribution in [-0.2, 0) is 0 Å². The van der Waals surface area contributed by atoms with E-state index in [1.807, 2.05) is 0 Å². The molecule has 1 rings (SSSR count). The lowest BCUT2D eigenvalue weighted by Crippen LogP contribution is -2.35. The number of rotatable bonds is 4. The third-order valence-corrected chi connectivity index (χ3v) is 8.34. The molecule has 0 aliphatic carbocycles. The minimum atomic E-state index is -1.01. The minimum absolute atomic E-state index is 0.838. The highest BCUT2D eigenvalue weighted by atomic mass is 32.2. The van der Waals surface area contributed by atoms with Crippen LogP contribution in [0.5, 0.6) is 0 Å². The maximum absolute atomic E-state index is 2.46. The molecule has 0 spiro atoms. The van der Waals surface area contributed by atoms with Crippen LogP contribution in [0.4, 0.5) is 0 Å². The van der Waals surface area contributed by atoms with Gasteiger partial charge in [0.1, 0.15) is 0 Å². The van der Waals surface area contributed by atoms with Crippen molar-refractivity contribution in [1.29, 1.82) is 0 Å². The highest BCUT2D eigenvalue weighted by Crippen LogP contribution is 2.31. The van der Waals surface area contributed by atoms with Crippen molar-refractivity contribution in [1.82, 2.24) is 0 Å². The molecule has 0 radical (unpaired) electrons. The summed E-state index contributed by atoms with van der Waals surface area (Å²) in [5.74, 6) is 0. The van der Waals surface area contributed by atoms with Crippen LogP contribution in [-0.4, -0.2) is 12.9 Å². The molecule has 0 N–H and O–H groups in total. The Kier molecular flexibility index (Phi) is 4.26. The van der Waals surface area contributed by atoms with Gasteiger partial charge in [-0.25, -0.2) is 0 Å². The van der Waals surface area contributed by atoms with Crippen molar-refractivity contribution in [3.05, 3.63) is 30.3 Å². The molecule has 0 bridgehead atoms. The molecular weight excluding hydrogens is 204 g/mol. The summed E-state index contributed by atoms with van der Waals surface area (Å²) in [5, 5.41) is 0. The van der Waals surface area contributed by atoms with Gasteiger partial charge in [-0.2, -0.15) is 0 Å². The Bertz CT molecular complexity index is 263. The van der Waals surface area contributed by atoms with E-state index in [1.54, 1.807) is 0 Å². The quantitative estimate of drug-likeness (QED) is 0.538. The van der Waals surface area contributed by atoms with Crippen molar-refractivity contribution in [3.8, 4) is 0 Å². The van der Waals surface area contributed by atoms with E-state index in [9.17, 15) is 0 Å². The first kappa shape index (κ1) is 11.9. The maximum atomic E-state index is 2.46. The van der Waals surface area contributed by atoms with E-state index in [2.05, 4.69) is 68.7 Å². The van der Waals surface area contributed by atoms with Gasteiger partial charge in [-0.3, -0.25) is 0 Å². The zero-order chi connectivity index (χ0) is 10.6. The molecule has 0 nitrogen and oxygen atoms in total. The van der Waals surface area contributed by atoms with Crippen LogP contribution in [0.3, 0.4) is 0 Å². The van der Waals surface area contributed by atoms with Gasteiger partial charge in [0.25, 0.3) is 0 Å². The third-order valence-electron chi connectivity index (χ3n) is 2.36. The lowest BCUT2D eigenvalue weighted by atomic mass is 10.4. The van der Waals surface area contributed by atoms with Crippen molar-refractivity contribution < 1.29 is 0 Å². The first-order chi connectivity index (χ1) is 6.54. The van der Waals surface area contributed by atoms with Crippen LogP contribution in [0.25, 0.3) is 0 Å². The van der Waals surface area contributed by atoms with Crippen molar-refractivity contribution >= 4 is 19.8 Å². The second kappa shape index (κ2) is 5.03.